The Morgan fingerprint density at radius 3 is 2.71 bits per heavy atom. The Bertz CT molecular complexity index is 798. The Balaban J connectivity index is 1.76. The third-order valence-corrected chi connectivity index (χ3v) is 5.49. The number of amides is 2. The van der Waals surface area contributed by atoms with Crippen molar-refractivity contribution in [1.29, 1.82) is 0 Å². The summed E-state index contributed by atoms with van der Waals surface area (Å²) in [6.07, 6.45) is 3.71. The van der Waals surface area contributed by atoms with Crippen LogP contribution in [-0.2, 0) is 21.7 Å². The highest BCUT2D eigenvalue weighted by molar-refractivity contribution is 8.00. The molecule has 10 heteroatoms. The predicted octanol–water partition coefficient (Wildman–Crippen LogP) is 4.09. The number of oxazole rings is 1. The topological polar surface area (TPSA) is 106 Å². The minimum Gasteiger partial charge on any atom is -0.445 e. The molecule has 0 aromatic carbocycles. The van der Waals surface area contributed by atoms with Crippen molar-refractivity contribution in [2.75, 3.05) is 11.9 Å². The first-order valence-electron chi connectivity index (χ1n) is 8.96. The SMILES string of the molecule is CCc1cnc(CSc2cnc(NC(=O)C(C)CNC(=O)OC(C)(C)C)s2)o1. The molecule has 2 aromatic rings. The number of aryl methyl sites for hydroxylation is 1. The van der Waals surface area contributed by atoms with Gasteiger partial charge in [-0.05, 0) is 20.8 Å². The lowest BCUT2D eigenvalue weighted by Gasteiger charge is -2.20. The molecule has 1 unspecified atom stereocenters. The highest BCUT2D eigenvalue weighted by Gasteiger charge is 2.19. The van der Waals surface area contributed by atoms with Gasteiger partial charge < -0.3 is 19.8 Å². The maximum atomic E-state index is 12.3. The monoisotopic (exact) mass is 426 g/mol. The van der Waals surface area contributed by atoms with Crippen LogP contribution in [0.3, 0.4) is 0 Å². The van der Waals surface area contributed by atoms with Gasteiger partial charge in [-0.2, -0.15) is 0 Å². The zero-order valence-electron chi connectivity index (χ0n) is 16.7. The lowest BCUT2D eigenvalue weighted by atomic mass is 10.1. The van der Waals surface area contributed by atoms with E-state index in [9.17, 15) is 9.59 Å². The lowest BCUT2D eigenvalue weighted by molar-refractivity contribution is -0.119. The molecule has 2 N–H and O–H groups in total. The van der Waals surface area contributed by atoms with E-state index in [2.05, 4.69) is 20.6 Å². The van der Waals surface area contributed by atoms with Crippen molar-refractivity contribution >= 4 is 40.2 Å². The van der Waals surface area contributed by atoms with Gasteiger partial charge in [0.2, 0.25) is 11.8 Å². The summed E-state index contributed by atoms with van der Waals surface area (Å²) < 4.78 is 11.7. The van der Waals surface area contributed by atoms with Crippen LogP contribution in [0, 0.1) is 5.92 Å². The zero-order chi connectivity index (χ0) is 20.7. The molecule has 0 spiro atoms. The van der Waals surface area contributed by atoms with Crippen molar-refractivity contribution in [3.05, 3.63) is 24.0 Å². The van der Waals surface area contributed by atoms with Crippen LogP contribution in [0.4, 0.5) is 9.93 Å². The summed E-state index contributed by atoms with van der Waals surface area (Å²) in [7, 11) is 0. The molecule has 0 aliphatic carbocycles. The molecule has 28 heavy (non-hydrogen) atoms. The summed E-state index contributed by atoms with van der Waals surface area (Å²) in [6, 6.07) is 0. The third-order valence-electron chi connectivity index (χ3n) is 3.40. The summed E-state index contributed by atoms with van der Waals surface area (Å²) >= 11 is 2.93. The molecular formula is C18H26N4O4S2. The first-order chi connectivity index (χ1) is 13.2. The highest BCUT2D eigenvalue weighted by atomic mass is 32.2. The number of hydrogen-bond acceptors (Lipinski definition) is 8. The van der Waals surface area contributed by atoms with Gasteiger partial charge in [0.25, 0.3) is 0 Å². The molecule has 0 aliphatic heterocycles. The summed E-state index contributed by atoms with van der Waals surface area (Å²) in [5.74, 6) is 1.49. The van der Waals surface area contributed by atoms with Crippen LogP contribution in [-0.4, -0.2) is 34.1 Å². The van der Waals surface area contributed by atoms with E-state index >= 15 is 0 Å². The van der Waals surface area contributed by atoms with Crippen molar-refractivity contribution < 1.29 is 18.7 Å². The number of carbonyl (C=O) groups excluding carboxylic acids is 2. The molecule has 2 heterocycles. The van der Waals surface area contributed by atoms with Crippen molar-refractivity contribution in [1.82, 2.24) is 15.3 Å². The molecule has 8 nitrogen and oxygen atoms in total. The Kier molecular flexibility index (Phi) is 7.88. The van der Waals surface area contributed by atoms with E-state index in [-0.39, 0.29) is 12.5 Å². The van der Waals surface area contributed by atoms with E-state index in [0.29, 0.717) is 16.8 Å². The Morgan fingerprint density at radius 2 is 2.07 bits per heavy atom. The number of carbonyl (C=O) groups is 2. The number of thioether (sulfide) groups is 1. The quantitative estimate of drug-likeness (QED) is 0.612. The average Bonchev–Trinajstić information content (AvgIpc) is 3.25. The van der Waals surface area contributed by atoms with Crippen molar-refractivity contribution in [3.63, 3.8) is 0 Å². The van der Waals surface area contributed by atoms with E-state index < -0.39 is 17.6 Å². The van der Waals surface area contributed by atoms with Gasteiger partial charge in [-0.3, -0.25) is 4.79 Å². The van der Waals surface area contributed by atoms with E-state index in [0.717, 1.165) is 16.4 Å². The van der Waals surface area contributed by atoms with Crippen LogP contribution in [0.2, 0.25) is 0 Å². The molecular weight excluding hydrogens is 400 g/mol. The van der Waals surface area contributed by atoms with Crippen molar-refractivity contribution in [2.24, 2.45) is 5.92 Å². The number of ether oxygens (including phenoxy) is 1. The van der Waals surface area contributed by atoms with E-state index in [1.807, 2.05) is 6.92 Å². The summed E-state index contributed by atoms with van der Waals surface area (Å²) in [4.78, 5) is 32.4. The van der Waals surface area contributed by atoms with Gasteiger partial charge in [0.15, 0.2) is 5.13 Å². The van der Waals surface area contributed by atoms with Crippen molar-refractivity contribution in [2.45, 2.75) is 56.6 Å². The van der Waals surface area contributed by atoms with Gasteiger partial charge in [-0.1, -0.05) is 25.2 Å². The van der Waals surface area contributed by atoms with Gasteiger partial charge in [0.05, 0.1) is 28.3 Å². The maximum absolute atomic E-state index is 12.3. The van der Waals surface area contributed by atoms with E-state index in [1.54, 1.807) is 51.9 Å². The molecule has 2 rings (SSSR count). The van der Waals surface area contributed by atoms with Gasteiger partial charge in [0, 0.05) is 13.0 Å². The fourth-order valence-corrected chi connectivity index (χ4v) is 3.70. The first kappa shape index (κ1) is 22.2. The Hall–Kier alpha value is -2.07. The predicted molar refractivity (Wildman–Crippen MR) is 110 cm³/mol. The molecule has 154 valence electrons. The third kappa shape index (κ3) is 7.51. The summed E-state index contributed by atoms with van der Waals surface area (Å²) in [5.41, 5.74) is -0.576. The zero-order valence-corrected chi connectivity index (χ0v) is 18.3. The number of alkyl carbamates (subject to hydrolysis) is 1. The number of hydrogen-bond donors (Lipinski definition) is 2. The Morgan fingerprint density at radius 1 is 1.32 bits per heavy atom. The van der Waals surface area contributed by atoms with Crippen LogP contribution >= 0.6 is 23.1 Å². The minimum absolute atomic E-state index is 0.178. The minimum atomic E-state index is -0.576. The maximum Gasteiger partial charge on any atom is 0.407 e. The fourth-order valence-electron chi connectivity index (χ4n) is 1.97. The van der Waals surface area contributed by atoms with E-state index in [4.69, 9.17) is 9.15 Å². The second-order valence-corrected chi connectivity index (χ2v) is 9.43. The first-order valence-corrected chi connectivity index (χ1v) is 10.8. The van der Waals surface area contributed by atoms with Crippen LogP contribution in [0.25, 0.3) is 0 Å². The van der Waals surface area contributed by atoms with Crippen LogP contribution in [0.1, 0.15) is 46.3 Å². The molecule has 0 fully saturated rings. The smallest absolute Gasteiger partial charge is 0.407 e. The molecule has 0 saturated heterocycles. The fraction of sp³-hybridized carbons (Fsp3) is 0.556. The molecule has 1 atom stereocenters. The van der Waals surface area contributed by atoms with E-state index in [1.165, 1.54) is 11.3 Å². The normalized spacial score (nSPS) is 12.5. The second kappa shape index (κ2) is 9.92. The summed E-state index contributed by atoms with van der Waals surface area (Å²) in [6.45, 7) is 9.27. The van der Waals surface area contributed by atoms with Gasteiger partial charge in [0.1, 0.15) is 11.4 Å². The largest absolute Gasteiger partial charge is 0.445 e. The number of nitrogens with zero attached hydrogens (tertiary/aromatic N) is 2. The number of rotatable bonds is 8. The van der Waals surface area contributed by atoms with Gasteiger partial charge >= 0.3 is 6.09 Å². The molecule has 0 aliphatic rings. The molecule has 2 amide bonds. The lowest BCUT2D eigenvalue weighted by Crippen LogP contribution is -2.37. The molecule has 0 bridgehead atoms. The standard InChI is InChI=1S/C18H26N4O4S2/c1-6-12-8-19-13(25-12)10-27-14-9-20-16(28-14)22-15(23)11(2)7-21-17(24)26-18(3,4)5/h8-9,11H,6-7,10H2,1-5H3,(H,21,24)(H,20,22,23). The second-order valence-electron chi connectivity index (χ2n) is 7.12. The molecule has 0 radical (unpaired) electrons. The summed E-state index contributed by atoms with van der Waals surface area (Å²) in [5, 5.41) is 5.88. The number of nitrogens with one attached hydrogen (secondary N) is 2. The van der Waals surface area contributed by atoms with Gasteiger partial charge in [-0.15, -0.1) is 11.8 Å². The van der Waals surface area contributed by atoms with Crippen molar-refractivity contribution in [3.8, 4) is 0 Å². The number of anilines is 1. The number of aromatic nitrogens is 2. The van der Waals surface area contributed by atoms with Crippen LogP contribution < -0.4 is 10.6 Å². The van der Waals surface area contributed by atoms with Crippen LogP contribution in [0.15, 0.2) is 21.0 Å². The number of thiazole rings is 1. The molecule has 0 saturated carbocycles. The highest BCUT2D eigenvalue weighted by Crippen LogP contribution is 2.30. The molecule has 2 aromatic heterocycles. The average molecular weight is 427 g/mol. The van der Waals surface area contributed by atoms with Gasteiger partial charge in [-0.25, -0.2) is 14.8 Å². The Labute approximate surface area is 172 Å². The van der Waals surface area contributed by atoms with Crippen LogP contribution in [0.5, 0.6) is 0 Å².